The molecular formula is C25H35N3O4S. The molecule has 1 atom stereocenters. The van der Waals surface area contributed by atoms with Gasteiger partial charge in [0, 0.05) is 13.1 Å². The number of para-hydroxylation sites is 1. The van der Waals surface area contributed by atoms with Crippen molar-refractivity contribution < 1.29 is 18.0 Å². The molecule has 0 aliphatic carbocycles. The maximum Gasteiger partial charge on any atom is 0.244 e. The first kappa shape index (κ1) is 26.4. The number of sulfonamides is 1. The number of nitrogens with one attached hydrogen (secondary N) is 1. The minimum absolute atomic E-state index is 0.0675. The Morgan fingerprint density at radius 2 is 1.61 bits per heavy atom. The Morgan fingerprint density at radius 3 is 2.18 bits per heavy atom. The lowest BCUT2D eigenvalue weighted by molar-refractivity contribution is -0.139. The molecule has 1 N–H and O–H groups in total. The summed E-state index contributed by atoms with van der Waals surface area (Å²) in [7, 11) is -3.75. The number of rotatable bonds is 10. The SMILES string of the molecule is CCNC(=O)[C@H](C)N(Cc1ccccc1C)C(=O)CN(c1ccccc1C(C)C)S(C)(=O)=O. The molecule has 2 amide bonds. The highest BCUT2D eigenvalue weighted by molar-refractivity contribution is 7.92. The van der Waals surface area contributed by atoms with Gasteiger partial charge in [-0.2, -0.15) is 0 Å². The first-order chi connectivity index (χ1) is 15.5. The molecule has 0 unspecified atom stereocenters. The third kappa shape index (κ3) is 6.81. The van der Waals surface area contributed by atoms with Gasteiger partial charge in [-0.3, -0.25) is 13.9 Å². The van der Waals surface area contributed by atoms with Gasteiger partial charge in [0.1, 0.15) is 12.6 Å². The van der Waals surface area contributed by atoms with Gasteiger partial charge in [-0.1, -0.05) is 56.3 Å². The van der Waals surface area contributed by atoms with Crippen LogP contribution in [0.15, 0.2) is 48.5 Å². The number of hydrogen-bond donors (Lipinski definition) is 1. The van der Waals surface area contributed by atoms with Crippen molar-refractivity contribution in [2.75, 3.05) is 23.7 Å². The van der Waals surface area contributed by atoms with E-state index in [4.69, 9.17) is 0 Å². The van der Waals surface area contributed by atoms with Gasteiger partial charge < -0.3 is 10.2 Å². The lowest BCUT2D eigenvalue weighted by Gasteiger charge is -2.32. The van der Waals surface area contributed by atoms with E-state index in [1.54, 1.807) is 19.1 Å². The molecule has 0 saturated carbocycles. The summed E-state index contributed by atoms with van der Waals surface area (Å²) in [6, 6.07) is 14.1. The molecule has 0 aliphatic rings. The van der Waals surface area contributed by atoms with Crippen LogP contribution in [0.4, 0.5) is 5.69 Å². The fourth-order valence-corrected chi connectivity index (χ4v) is 4.54. The van der Waals surface area contributed by atoms with Gasteiger partial charge in [0.25, 0.3) is 0 Å². The highest BCUT2D eigenvalue weighted by atomic mass is 32.2. The van der Waals surface area contributed by atoms with E-state index in [0.717, 1.165) is 27.3 Å². The van der Waals surface area contributed by atoms with E-state index in [2.05, 4.69) is 5.32 Å². The van der Waals surface area contributed by atoms with E-state index in [9.17, 15) is 18.0 Å². The molecule has 2 rings (SSSR count). The summed E-state index contributed by atoms with van der Waals surface area (Å²) in [6.45, 7) is 9.61. The van der Waals surface area contributed by atoms with E-state index < -0.39 is 28.5 Å². The van der Waals surface area contributed by atoms with Crippen LogP contribution in [0, 0.1) is 6.92 Å². The van der Waals surface area contributed by atoms with Crippen LogP contribution in [0.25, 0.3) is 0 Å². The third-order valence-electron chi connectivity index (χ3n) is 5.63. The second-order valence-electron chi connectivity index (χ2n) is 8.50. The lowest BCUT2D eigenvalue weighted by atomic mass is 10.0. The zero-order valence-electron chi connectivity index (χ0n) is 20.3. The molecule has 180 valence electrons. The van der Waals surface area contributed by atoms with Crippen LogP contribution in [0.3, 0.4) is 0 Å². The summed E-state index contributed by atoms with van der Waals surface area (Å²) < 4.78 is 26.7. The largest absolute Gasteiger partial charge is 0.355 e. The summed E-state index contributed by atoms with van der Waals surface area (Å²) >= 11 is 0. The van der Waals surface area contributed by atoms with Crippen molar-refractivity contribution in [2.45, 2.75) is 53.1 Å². The van der Waals surface area contributed by atoms with Crippen LogP contribution < -0.4 is 9.62 Å². The first-order valence-electron chi connectivity index (χ1n) is 11.2. The van der Waals surface area contributed by atoms with Gasteiger partial charge in [0.2, 0.25) is 21.8 Å². The monoisotopic (exact) mass is 473 g/mol. The number of likely N-dealkylation sites (N-methyl/N-ethyl adjacent to an activating group) is 1. The molecule has 0 heterocycles. The first-order valence-corrected chi connectivity index (χ1v) is 13.0. The summed E-state index contributed by atoms with van der Waals surface area (Å²) in [5.41, 5.74) is 3.20. The average Bonchev–Trinajstić information content (AvgIpc) is 2.75. The Morgan fingerprint density at radius 1 is 1.00 bits per heavy atom. The van der Waals surface area contributed by atoms with Crippen molar-refractivity contribution in [3.05, 3.63) is 65.2 Å². The van der Waals surface area contributed by atoms with Gasteiger partial charge in [0.15, 0.2) is 0 Å². The number of hydrogen-bond acceptors (Lipinski definition) is 4. The Bertz CT molecular complexity index is 1080. The average molecular weight is 474 g/mol. The Hall–Kier alpha value is -2.87. The van der Waals surface area contributed by atoms with Crippen molar-refractivity contribution in [2.24, 2.45) is 0 Å². The number of amides is 2. The Balaban J connectivity index is 2.47. The highest BCUT2D eigenvalue weighted by Gasteiger charge is 2.31. The second-order valence-corrected chi connectivity index (χ2v) is 10.4. The van der Waals surface area contributed by atoms with Crippen LogP contribution in [0.5, 0.6) is 0 Å². The van der Waals surface area contributed by atoms with E-state index in [1.165, 1.54) is 4.90 Å². The molecule has 0 aliphatic heterocycles. The van der Waals surface area contributed by atoms with Gasteiger partial charge in [-0.15, -0.1) is 0 Å². The minimum atomic E-state index is -3.75. The quantitative estimate of drug-likeness (QED) is 0.573. The Labute approximate surface area is 197 Å². The van der Waals surface area contributed by atoms with Crippen molar-refractivity contribution in [3.63, 3.8) is 0 Å². The van der Waals surface area contributed by atoms with Crippen LogP contribution >= 0.6 is 0 Å². The van der Waals surface area contributed by atoms with Crippen molar-refractivity contribution in [1.82, 2.24) is 10.2 Å². The summed E-state index contributed by atoms with van der Waals surface area (Å²) in [4.78, 5) is 27.6. The molecule has 2 aromatic rings. The normalized spacial score (nSPS) is 12.3. The molecule has 7 nitrogen and oxygen atoms in total. The van der Waals surface area contributed by atoms with Gasteiger partial charge in [-0.05, 0) is 49.4 Å². The molecule has 0 spiro atoms. The number of nitrogens with zero attached hydrogens (tertiary/aromatic N) is 2. The molecule has 2 aromatic carbocycles. The number of carbonyl (C=O) groups excluding carboxylic acids is 2. The van der Waals surface area contributed by atoms with Gasteiger partial charge in [0.05, 0.1) is 11.9 Å². The number of carbonyl (C=O) groups is 2. The smallest absolute Gasteiger partial charge is 0.244 e. The highest BCUT2D eigenvalue weighted by Crippen LogP contribution is 2.29. The zero-order valence-corrected chi connectivity index (χ0v) is 21.1. The fraction of sp³-hybridized carbons (Fsp3) is 0.440. The van der Waals surface area contributed by atoms with Crippen molar-refractivity contribution in [1.29, 1.82) is 0 Å². The maximum atomic E-state index is 13.6. The number of anilines is 1. The molecule has 8 heteroatoms. The molecule has 0 fully saturated rings. The molecule has 0 aromatic heterocycles. The molecule has 33 heavy (non-hydrogen) atoms. The second kappa shape index (κ2) is 11.3. The molecular weight excluding hydrogens is 438 g/mol. The summed E-state index contributed by atoms with van der Waals surface area (Å²) in [5, 5.41) is 2.76. The predicted octanol–water partition coefficient (Wildman–Crippen LogP) is 3.44. The molecule has 0 saturated heterocycles. The standard InChI is InChI=1S/C25H35N3O4S/c1-7-26-25(30)20(5)27(16-21-13-9-8-12-19(21)4)24(29)17-28(33(6,31)32)23-15-11-10-14-22(23)18(2)3/h8-15,18,20H,7,16-17H2,1-6H3,(H,26,30)/t20-/m0/s1. The third-order valence-corrected chi connectivity index (χ3v) is 6.75. The minimum Gasteiger partial charge on any atom is -0.355 e. The van der Waals surface area contributed by atoms with E-state index >= 15 is 0 Å². The Kier molecular flexibility index (Phi) is 9.05. The molecule has 0 bridgehead atoms. The van der Waals surface area contributed by atoms with Crippen LogP contribution in [-0.4, -0.2) is 50.5 Å². The summed E-state index contributed by atoms with van der Waals surface area (Å²) in [5.74, 6) is -0.660. The topological polar surface area (TPSA) is 86.8 Å². The van der Waals surface area contributed by atoms with Crippen LogP contribution in [-0.2, 0) is 26.2 Å². The van der Waals surface area contributed by atoms with E-state index in [1.807, 2.05) is 64.1 Å². The van der Waals surface area contributed by atoms with Gasteiger partial charge >= 0.3 is 0 Å². The number of aryl methyl sites for hydroxylation is 1. The van der Waals surface area contributed by atoms with Crippen LogP contribution in [0.2, 0.25) is 0 Å². The van der Waals surface area contributed by atoms with Crippen LogP contribution in [0.1, 0.15) is 50.3 Å². The molecule has 0 radical (unpaired) electrons. The predicted molar refractivity (Wildman–Crippen MR) is 133 cm³/mol. The van der Waals surface area contributed by atoms with Crippen molar-refractivity contribution >= 4 is 27.5 Å². The van der Waals surface area contributed by atoms with E-state index in [0.29, 0.717) is 12.2 Å². The maximum absolute atomic E-state index is 13.6. The van der Waals surface area contributed by atoms with Crippen molar-refractivity contribution in [3.8, 4) is 0 Å². The van der Waals surface area contributed by atoms with E-state index in [-0.39, 0.29) is 18.4 Å². The zero-order chi connectivity index (χ0) is 24.8. The van der Waals surface area contributed by atoms with Gasteiger partial charge in [-0.25, -0.2) is 8.42 Å². The lowest BCUT2D eigenvalue weighted by Crippen LogP contribution is -2.51. The summed E-state index contributed by atoms with van der Waals surface area (Å²) in [6.07, 6.45) is 1.09. The fourth-order valence-electron chi connectivity index (χ4n) is 3.67. The number of benzene rings is 2.